The van der Waals surface area contributed by atoms with Gasteiger partial charge in [0.2, 0.25) is 0 Å². The van der Waals surface area contributed by atoms with Crippen molar-refractivity contribution in [1.29, 1.82) is 0 Å². The number of halogens is 1. The quantitative estimate of drug-likeness (QED) is 0.469. The van der Waals surface area contributed by atoms with E-state index in [1.807, 2.05) is 53.2 Å². The van der Waals surface area contributed by atoms with Crippen LogP contribution in [0.1, 0.15) is 12.0 Å². The molecule has 0 spiro atoms. The maximum absolute atomic E-state index is 12.0. The van der Waals surface area contributed by atoms with E-state index in [2.05, 4.69) is 28.1 Å². The maximum Gasteiger partial charge on any atom is 0.325 e. The van der Waals surface area contributed by atoms with Crippen molar-refractivity contribution in [1.82, 2.24) is 4.57 Å². The highest BCUT2D eigenvalue weighted by Crippen LogP contribution is 2.20. The Hall–Kier alpha value is -2.07. The molecule has 0 radical (unpaired) electrons. The van der Waals surface area contributed by atoms with Crippen LogP contribution in [-0.4, -0.2) is 17.1 Å². The van der Waals surface area contributed by atoms with Gasteiger partial charge in [0.25, 0.3) is 0 Å². The highest BCUT2D eigenvalue weighted by molar-refractivity contribution is 9.10. The van der Waals surface area contributed by atoms with Crippen molar-refractivity contribution in [3.63, 3.8) is 0 Å². The smallest absolute Gasteiger partial charge is 0.325 e. The molecule has 0 bridgehead atoms. The molecule has 3 rings (SSSR count). The minimum Gasteiger partial charge on any atom is -0.464 e. The number of carbonyl (C=O) groups is 1. The van der Waals surface area contributed by atoms with Gasteiger partial charge in [-0.3, -0.25) is 4.79 Å². The Morgan fingerprint density at radius 3 is 2.74 bits per heavy atom. The summed E-state index contributed by atoms with van der Waals surface area (Å²) < 4.78 is 8.29. The van der Waals surface area contributed by atoms with Gasteiger partial charge in [0.05, 0.1) is 6.61 Å². The molecule has 0 amide bonds. The number of ether oxygens (including phenoxy) is 1. The van der Waals surface area contributed by atoms with Gasteiger partial charge in [-0.1, -0.05) is 46.3 Å². The van der Waals surface area contributed by atoms with E-state index in [1.165, 1.54) is 5.56 Å². The Labute approximate surface area is 144 Å². The van der Waals surface area contributed by atoms with Gasteiger partial charge in [-0.25, -0.2) is 0 Å². The number of carbonyl (C=O) groups excluding carboxylic acids is 1. The van der Waals surface area contributed by atoms with Gasteiger partial charge in [-0.05, 0) is 42.7 Å². The first kappa shape index (κ1) is 15.8. The SMILES string of the molecule is O=C(Cn1ccc2cc(Br)ccc21)OCCCc1ccccc1. The zero-order valence-electron chi connectivity index (χ0n) is 12.7. The molecule has 0 unspecified atom stereocenters. The third-order valence-electron chi connectivity index (χ3n) is 3.75. The highest BCUT2D eigenvalue weighted by Gasteiger charge is 2.07. The van der Waals surface area contributed by atoms with Crippen LogP contribution in [0.2, 0.25) is 0 Å². The largest absolute Gasteiger partial charge is 0.464 e. The summed E-state index contributed by atoms with van der Waals surface area (Å²) >= 11 is 3.45. The fourth-order valence-corrected chi connectivity index (χ4v) is 2.98. The van der Waals surface area contributed by atoms with Gasteiger partial charge in [0, 0.05) is 21.6 Å². The Balaban J connectivity index is 1.49. The van der Waals surface area contributed by atoms with Gasteiger partial charge in [0.1, 0.15) is 6.54 Å². The van der Waals surface area contributed by atoms with Gasteiger partial charge in [0.15, 0.2) is 0 Å². The van der Waals surface area contributed by atoms with Crippen LogP contribution in [0, 0.1) is 0 Å². The van der Waals surface area contributed by atoms with Crippen LogP contribution in [-0.2, 0) is 22.5 Å². The molecule has 2 aromatic carbocycles. The van der Waals surface area contributed by atoms with Gasteiger partial charge >= 0.3 is 5.97 Å². The Bertz CT molecular complexity index is 795. The molecule has 23 heavy (non-hydrogen) atoms. The van der Waals surface area contributed by atoms with E-state index in [-0.39, 0.29) is 12.5 Å². The number of fused-ring (bicyclic) bond motifs is 1. The molecule has 0 saturated heterocycles. The molecule has 0 atom stereocenters. The fraction of sp³-hybridized carbons (Fsp3) is 0.211. The molecule has 0 fully saturated rings. The Kier molecular flexibility index (Phi) is 5.13. The molecule has 1 heterocycles. The Morgan fingerprint density at radius 1 is 1.09 bits per heavy atom. The van der Waals surface area contributed by atoms with Crippen LogP contribution in [0.25, 0.3) is 10.9 Å². The first-order valence-corrected chi connectivity index (χ1v) is 8.45. The summed E-state index contributed by atoms with van der Waals surface area (Å²) in [7, 11) is 0. The van der Waals surface area contributed by atoms with Gasteiger partial charge in [-0.2, -0.15) is 0 Å². The second kappa shape index (κ2) is 7.47. The average molecular weight is 372 g/mol. The zero-order chi connectivity index (χ0) is 16.1. The number of aromatic nitrogens is 1. The summed E-state index contributed by atoms with van der Waals surface area (Å²) in [6.07, 6.45) is 3.69. The van der Waals surface area contributed by atoms with E-state index >= 15 is 0 Å². The lowest BCUT2D eigenvalue weighted by molar-refractivity contribution is -0.144. The average Bonchev–Trinajstić information content (AvgIpc) is 2.94. The van der Waals surface area contributed by atoms with Crippen molar-refractivity contribution in [2.45, 2.75) is 19.4 Å². The maximum atomic E-state index is 12.0. The summed E-state index contributed by atoms with van der Waals surface area (Å²) in [6, 6.07) is 18.3. The van der Waals surface area contributed by atoms with E-state index in [0.29, 0.717) is 6.61 Å². The summed E-state index contributed by atoms with van der Waals surface area (Å²) in [6.45, 7) is 0.703. The van der Waals surface area contributed by atoms with E-state index in [0.717, 1.165) is 28.2 Å². The number of esters is 1. The number of benzene rings is 2. The van der Waals surface area contributed by atoms with Gasteiger partial charge < -0.3 is 9.30 Å². The van der Waals surface area contributed by atoms with Crippen LogP contribution in [0.15, 0.2) is 65.3 Å². The topological polar surface area (TPSA) is 31.2 Å². The molecule has 3 aromatic rings. The molecule has 0 saturated carbocycles. The van der Waals surface area contributed by atoms with Crippen molar-refractivity contribution >= 4 is 32.8 Å². The summed E-state index contributed by atoms with van der Waals surface area (Å²) in [5, 5.41) is 1.11. The fourth-order valence-electron chi connectivity index (χ4n) is 2.60. The molecule has 3 nitrogen and oxygen atoms in total. The standard InChI is InChI=1S/C19H18BrNO2/c20-17-8-9-18-16(13-17)10-11-21(18)14-19(22)23-12-4-7-15-5-2-1-3-6-15/h1-3,5-6,8-11,13H,4,7,12,14H2. The van der Waals surface area contributed by atoms with E-state index in [4.69, 9.17) is 4.74 Å². The summed E-state index contributed by atoms with van der Waals surface area (Å²) in [5.41, 5.74) is 2.31. The molecular formula is C19H18BrNO2. The number of hydrogen-bond donors (Lipinski definition) is 0. The molecular weight excluding hydrogens is 354 g/mol. The molecule has 1 aromatic heterocycles. The van der Waals surface area contributed by atoms with Crippen molar-refractivity contribution in [3.8, 4) is 0 Å². The molecule has 0 aliphatic carbocycles. The predicted octanol–water partition coefficient (Wildman–Crippen LogP) is 4.58. The van der Waals surface area contributed by atoms with Crippen molar-refractivity contribution in [3.05, 3.63) is 70.8 Å². The number of nitrogens with zero attached hydrogens (tertiary/aromatic N) is 1. The molecule has 0 aliphatic rings. The number of rotatable bonds is 6. The number of aryl methyl sites for hydroxylation is 1. The predicted molar refractivity (Wildman–Crippen MR) is 95.4 cm³/mol. The first-order valence-electron chi connectivity index (χ1n) is 7.66. The van der Waals surface area contributed by atoms with Gasteiger partial charge in [-0.15, -0.1) is 0 Å². The van der Waals surface area contributed by atoms with Crippen LogP contribution >= 0.6 is 15.9 Å². The first-order chi connectivity index (χ1) is 11.2. The normalized spacial score (nSPS) is 10.8. The third kappa shape index (κ3) is 4.23. The zero-order valence-corrected chi connectivity index (χ0v) is 14.3. The van der Waals surface area contributed by atoms with Crippen LogP contribution < -0.4 is 0 Å². The minimum absolute atomic E-state index is 0.196. The lowest BCUT2D eigenvalue weighted by Gasteiger charge is -2.07. The highest BCUT2D eigenvalue weighted by atomic mass is 79.9. The second-order valence-electron chi connectivity index (χ2n) is 5.46. The van der Waals surface area contributed by atoms with Crippen LogP contribution in [0.3, 0.4) is 0 Å². The van der Waals surface area contributed by atoms with Crippen molar-refractivity contribution < 1.29 is 9.53 Å². The molecule has 0 N–H and O–H groups in total. The second-order valence-corrected chi connectivity index (χ2v) is 6.37. The number of hydrogen-bond acceptors (Lipinski definition) is 2. The van der Waals surface area contributed by atoms with Crippen molar-refractivity contribution in [2.24, 2.45) is 0 Å². The van der Waals surface area contributed by atoms with Crippen LogP contribution in [0.4, 0.5) is 0 Å². The molecule has 118 valence electrons. The lowest BCUT2D eigenvalue weighted by Crippen LogP contribution is -2.13. The van der Waals surface area contributed by atoms with E-state index in [1.54, 1.807) is 0 Å². The van der Waals surface area contributed by atoms with E-state index in [9.17, 15) is 4.79 Å². The molecule has 0 aliphatic heterocycles. The lowest BCUT2D eigenvalue weighted by atomic mass is 10.1. The third-order valence-corrected chi connectivity index (χ3v) is 4.24. The summed E-state index contributed by atoms with van der Waals surface area (Å²) in [4.78, 5) is 12.0. The van der Waals surface area contributed by atoms with E-state index < -0.39 is 0 Å². The Morgan fingerprint density at radius 2 is 1.91 bits per heavy atom. The monoisotopic (exact) mass is 371 g/mol. The molecule has 4 heteroatoms. The van der Waals surface area contributed by atoms with Crippen LogP contribution in [0.5, 0.6) is 0 Å². The summed E-state index contributed by atoms with van der Waals surface area (Å²) in [5.74, 6) is -0.196. The van der Waals surface area contributed by atoms with Crippen molar-refractivity contribution in [2.75, 3.05) is 6.61 Å². The minimum atomic E-state index is -0.196.